The zero-order chi connectivity index (χ0) is 12.8. The quantitative estimate of drug-likeness (QED) is 0.851. The first kappa shape index (κ1) is 11.2. The predicted octanol–water partition coefficient (Wildman–Crippen LogP) is 0.365. The van der Waals surface area contributed by atoms with Crippen molar-refractivity contribution < 1.29 is 9.90 Å². The minimum atomic E-state index is -0.789. The number of aromatic nitrogens is 6. The predicted molar refractivity (Wildman–Crippen MR) is 60.8 cm³/mol. The Kier molecular flexibility index (Phi) is 2.37. The van der Waals surface area contributed by atoms with E-state index in [-0.39, 0.29) is 0 Å². The minimum Gasteiger partial charge on any atom is -0.481 e. The van der Waals surface area contributed by atoms with E-state index in [0.29, 0.717) is 25.2 Å². The van der Waals surface area contributed by atoms with Crippen molar-refractivity contribution in [3.63, 3.8) is 0 Å². The Labute approximate surface area is 106 Å². The molecule has 8 nitrogen and oxygen atoms in total. The summed E-state index contributed by atoms with van der Waals surface area (Å²) >= 11 is 1.20. The van der Waals surface area contributed by atoms with Gasteiger partial charge in [-0.25, -0.2) is 4.68 Å². The van der Waals surface area contributed by atoms with E-state index in [1.807, 2.05) is 6.92 Å². The van der Waals surface area contributed by atoms with Gasteiger partial charge < -0.3 is 5.11 Å². The summed E-state index contributed by atoms with van der Waals surface area (Å²) in [4.78, 5) is 11.9. The molecule has 2 aromatic rings. The molecule has 0 amide bonds. The fourth-order valence-electron chi connectivity index (χ4n) is 1.79. The highest BCUT2D eigenvalue weighted by Crippen LogP contribution is 2.47. The molecule has 3 rings (SSSR count). The molecule has 9 heteroatoms. The maximum absolute atomic E-state index is 11.2. The van der Waals surface area contributed by atoms with E-state index < -0.39 is 11.4 Å². The Morgan fingerprint density at radius 2 is 2.28 bits per heavy atom. The van der Waals surface area contributed by atoms with Crippen molar-refractivity contribution in [1.82, 2.24) is 29.8 Å². The molecular formula is C9H10N6O2S. The standard InChI is InChI=1S/C9H10N6O2S/c1-5-6(18-14-10-5)7-11-12-13-15(7)4-9(2-3-9)8(16)17/h2-4H2,1H3,(H,16,17). The van der Waals surface area contributed by atoms with Crippen LogP contribution in [0.15, 0.2) is 0 Å². The Morgan fingerprint density at radius 1 is 1.50 bits per heavy atom. The lowest BCUT2D eigenvalue weighted by Gasteiger charge is -2.09. The van der Waals surface area contributed by atoms with Crippen molar-refractivity contribution in [3.05, 3.63) is 5.69 Å². The number of rotatable bonds is 4. The van der Waals surface area contributed by atoms with Crippen LogP contribution in [0.3, 0.4) is 0 Å². The Morgan fingerprint density at radius 3 is 2.83 bits per heavy atom. The summed E-state index contributed by atoms with van der Waals surface area (Å²) in [6.45, 7) is 2.12. The summed E-state index contributed by atoms with van der Waals surface area (Å²) < 4.78 is 5.36. The van der Waals surface area contributed by atoms with Gasteiger partial charge in [-0.15, -0.1) is 10.2 Å². The molecule has 1 aliphatic rings. The Bertz CT molecular complexity index is 602. The number of nitrogens with zero attached hydrogens (tertiary/aromatic N) is 6. The smallest absolute Gasteiger partial charge is 0.311 e. The summed E-state index contributed by atoms with van der Waals surface area (Å²) in [6.07, 6.45) is 1.34. The number of aryl methyl sites for hydroxylation is 1. The van der Waals surface area contributed by atoms with Gasteiger partial charge in [-0.05, 0) is 41.7 Å². The van der Waals surface area contributed by atoms with Gasteiger partial charge in [0.25, 0.3) is 0 Å². The van der Waals surface area contributed by atoms with E-state index >= 15 is 0 Å². The van der Waals surface area contributed by atoms with Crippen molar-refractivity contribution in [2.45, 2.75) is 26.3 Å². The van der Waals surface area contributed by atoms with Crippen LogP contribution >= 0.6 is 11.5 Å². The van der Waals surface area contributed by atoms with Gasteiger partial charge in [0.1, 0.15) is 4.88 Å². The van der Waals surface area contributed by atoms with E-state index in [2.05, 4.69) is 25.1 Å². The molecule has 1 N–H and O–H groups in total. The minimum absolute atomic E-state index is 0.294. The molecule has 0 spiro atoms. The van der Waals surface area contributed by atoms with Crippen LogP contribution in [-0.2, 0) is 11.3 Å². The SMILES string of the molecule is Cc1nnsc1-c1nnnn1CC1(C(=O)O)CC1. The van der Waals surface area contributed by atoms with Gasteiger partial charge in [-0.1, -0.05) is 4.49 Å². The second-order valence-corrected chi connectivity index (χ2v) is 5.19. The van der Waals surface area contributed by atoms with Crippen molar-refractivity contribution in [2.75, 3.05) is 0 Å². The van der Waals surface area contributed by atoms with Crippen molar-refractivity contribution >= 4 is 17.5 Å². The third-order valence-electron chi connectivity index (χ3n) is 3.15. The van der Waals surface area contributed by atoms with Crippen LogP contribution in [0.2, 0.25) is 0 Å². The monoisotopic (exact) mass is 266 g/mol. The molecule has 0 radical (unpaired) electrons. The molecular weight excluding hydrogens is 256 g/mol. The summed E-state index contributed by atoms with van der Waals surface area (Å²) in [7, 11) is 0. The second kappa shape index (κ2) is 3.80. The molecule has 0 bridgehead atoms. The van der Waals surface area contributed by atoms with E-state index in [9.17, 15) is 9.90 Å². The first-order valence-corrected chi connectivity index (χ1v) is 6.19. The summed E-state index contributed by atoms with van der Waals surface area (Å²) in [5, 5.41) is 24.5. The number of hydrogen-bond acceptors (Lipinski definition) is 7. The molecule has 94 valence electrons. The van der Waals surface area contributed by atoms with Gasteiger partial charge in [0.2, 0.25) is 0 Å². The molecule has 1 saturated carbocycles. The van der Waals surface area contributed by atoms with Crippen LogP contribution in [0.5, 0.6) is 0 Å². The van der Waals surface area contributed by atoms with Gasteiger partial charge in [0.15, 0.2) is 5.82 Å². The lowest BCUT2D eigenvalue weighted by atomic mass is 10.1. The van der Waals surface area contributed by atoms with E-state index in [0.717, 1.165) is 10.6 Å². The first-order valence-electron chi connectivity index (χ1n) is 5.41. The summed E-state index contributed by atoms with van der Waals surface area (Å²) in [5.74, 6) is -0.252. The van der Waals surface area contributed by atoms with Gasteiger partial charge in [0.05, 0.1) is 17.7 Å². The molecule has 18 heavy (non-hydrogen) atoms. The van der Waals surface area contributed by atoms with Crippen molar-refractivity contribution in [3.8, 4) is 10.7 Å². The van der Waals surface area contributed by atoms with Crippen LogP contribution in [0.1, 0.15) is 18.5 Å². The van der Waals surface area contributed by atoms with Crippen LogP contribution in [-0.4, -0.2) is 40.9 Å². The normalized spacial score (nSPS) is 16.7. The maximum atomic E-state index is 11.2. The highest BCUT2D eigenvalue weighted by atomic mass is 32.1. The molecule has 0 atom stereocenters. The lowest BCUT2D eigenvalue weighted by molar-refractivity contribution is -0.144. The number of aliphatic carboxylic acids is 1. The second-order valence-electron chi connectivity index (χ2n) is 4.43. The van der Waals surface area contributed by atoms with Crippen molar-refractivity contribution in [1.29, 1.82) is 0 Å². The molecule has 0 aromatic carbocycles. The van der Waals surface area contributed by atoms with Gasteiger partial charge >= 0.3 is 5.97 Å². The number of hydrogen-bond donors (Lipinski definition) is 1. The third kappa shape index (κ3) is 1.67. The first-order chi connectivity index (χ1) is 8.62. The average Bonchev–Trinajstić information content (AvgIpc) is 2.77. The molecule has 0 saturated heterocycles. The summed E-state index contributed by atoms with van der Waals surface area (Å²) in [6, 6.07) is 0. The van der Waals surface area contributed by atoms with Crippen LogP contribution < -0.4 is 0 Å². The molecule has 1 fully saturated rings. The van der Waals surface area contributed by atoms with Gasteiger partial charge in [-0.2, -0.15) is 0 Å². The average molecular weight is 266 g/mol. The fourth-order valence-corrected chi connectivity index (χ4v) is 2.43. The van der Waals surface area contributed by atoms with Crippen LogP contribution in [0.25, 0.3) is 10.7 Å². The largest absolute Gasteiger partial charge is 0.481 e. The highest BCUT2D eigenvalue weighted by Gasteiger charge is 2.51. The maximum Gasteiger partial charge on any atom is 0.311 e. The van der Waals surface area contributed by atoms with Crippen LogP contribution in [0, 0.1) is 12.3 Å². The van der Waals surface area contributed by atoms with Gasteiger partial charge in [-0.3, -0.25) is 4.79 Å². The number of tetrazole rings is 1. The lowest BCUT2D eigenvalue weighted by Crippen LogP contribution is -2.22. The zero-order valence-corrected chi connectivity index (χ0v) is 10.4. The van der Waals surface area contributed by atoms with Crippen molar-refractivity contribution in [2.24, 2.45) is 5.41 Å². The molecule has 0 aliphatic heterocycles. The van der Waals surface area contributed by atoms with E-state index in [4.69, 9.17) is 0 Å². The van der Waals surface area contributed by atoms with E-state index in [1.54, 1.807) is 0 Å². The molecule has 0 unspecified atom stereocenters. The van der Waals surface area contributed by atoms with Gasteiger partial charge in [0, 0.05) is 0 Å². The number of carboxylic acid groups (broad SMARTS) is 1. The molecule has 2 heterocycles. The Balaban J connectivity index is 1.94. The van der Waals surface area contributed by atoms with Crippen LogP contribution in [0.4, 0.5) is 0 Å². The Hall–Kier alpha value is -1.90. The zero-order valence-electron chi connectivity index (χ0n) is 9.57. The highest BCUT2D eigenvalue weighted by molar-refractivity contribution is 7.09. The third-order valence-corrected chi connectivity index (χ3v) is 3.97. The van der Waals surface area contributed by atoms with E-state index in [1.165, 1.54) is 16.2 Å². The fraction of sp³-hybridized carbons (Fsp3) is 0.556. The topological polar surface area (TPSA) is 107 Å². The molecule has 2 aromatic heterocycles. The molecule has 1 aliphatic carbocycles. The number of carboxylic acids is 1. The summed E-state index contributed by atoms with van der Waals surface area (Å²) in [5.41, 5.74) is 0.0482. The number of carbonyl (C=O) groups is 1.